The van der Waals surface area contributed by atoms with Gasteiger partial charge in [-0.1, -0.05) is 12.8 Å². The van der Waals surface area contributed by atoms with Crippen LogP contribution in [0.2, 0.25) is 0 Å². The zero-order valence-electron chi connectivity index (χ0n) is 13.8. The molecule has 1 unspecified atom stereocenters. The van der Waals surface area contributed by atoms with Crippen molar-refractivity contribution in [1.82, 2.24) is 10.2 Å². The van der Waals surface area contributed by atoms with Crippen LogP contribution in [0.25, 0.3) is 0 Å². The van der Waals surface area contributed by atoms with Crippen molar-refractivity contribution in [3.05, 3.63) is 0 Å². The van der Waals surface area contributed by atoms with Crippen molar-refractivity contribution in [2.45, 2.75) is 52.0 Å². The van der Waals surface area contributed by atoms with E-state index in [1.807, 2.05) is 0 Å². The number of aliphatic carboxylic acids is 1. The molecule has 1 saturated carbocycles. The fraction of sp³-hybridized carbons (Fsp3) is 0.812. The fourth-order valence-electron chi connectivity index (χ4n) is 3.01. The molecule has 7 heteroatoms. The van der Waals surface area contributed by atoms with Crippen molar-refractivity contribution in [3.63, 3.8) is 0 Å². The molecule has 0 bridgehead atoms. The first-order valence-electron chi connectivity index (χ1n) is 8.22. The lowest BCUT2D eigenvalue weighted by Gasteiger charge is -2.26. The highest BCUT2D eigenvalue weighted by Crippen LogP contribution is 2.30. The Morgan fingerprint density at radius 1 is 1.26 bits per heavy atom. The van der Waals surface area contributed by atoms with Gasteiger partial charge in [0, 0.05) is 18.2 Å². The van der Waals surface area contributed by atoms with Gasteiger partial charge in [0.1, 0.15) is 6.04 Å². The summed E-state index contributed by atoms with van der Waals surface area (Å²) in [5, 5.41) is 11.9. The summed E-state index contributed by atoms with van der Waals surface area (Å²) in [6, 6.07) is -0.416. The summed E-state index contributed by atoms with van der Waals surface area (Å²) >= 11 is 1.60. The van der Waals surface area contributed by atoms with Crippen molar-refractivity contribution in [3.8, 4) is 0 Å². The minimum Gasteiger partial charge on any atom is -0.481 e. The number of carboxylic acid groups (broad SMARTS) is 1. The molecule has 2 aliphatic rings. The summed E-state index contributed by atoms with van der Waals surface area (Å²) in [6.07, 6.45) is 4.42. The highest BCUT2D eigenvalue weighted by atomic mass is 32.2. The van der Waals surface area contributed by atoms with Gasteiger partial charge in [-0.25, -0.2) is 0 Å². The maximum Gasteiger partial charge on any atom is 0.309 e. The van der Waals surface area contributed by atoms with Crippen LogP contribution >= 0.6 is 11.8 Å². The number of hydrogen-bond acceptors (Lipinski definition) is 4. The number of amides is 2. The van der Waals surface area contributed by atoms with Crippen LogP contribution in [0.1, 0.15) is 46.0 Å². The monoisotopic (exact) mass is 342 g/mol. The molecular formula is C16H26N2O4S. The first kappa shape index (κ1) is 18.1. The Bertz CT molecular complexity index is 475. The second-order valence-corrected chi connectivity index (χ2v) is 8.03. The van der Waals surface area contributed by atoms with E-state index in [1.54, 1.807) is 30.5 Å². The molecule has 0 spiro atoms. The van der Waals surface area contributed by atoms with E-state index in [0.717, 1.165) is 25.7 Å². The van der Waals surface area contributed by atoms with E-state index in [0.29, 0.717) is 24.6 Å². The van der Waals surface area contributed by atoms with Crippen molar-refractivity contribution in [2.75, 3.05) is 18.2 Å². The second-order valence-electron chi connectivity index (χ2n) is 7.04. The number of thioether (sulfide) groups is 1. The Balaban J connectivity index is 1.85. The van der Waals surface area contributed by atoms with Gasteiger partial charge in [0.05, 0.1) is 11.3 Å². The van der Waals surface area contributed by atoms with Gasteiger partial charge in [0.2, 0.25) is 11.8 Å². The molecule has 0 radical (unpaired) electrons. The summed E-state index contributed by atoms with van der Waals surface area (Å²) in [6.45, 7) is 3.59. The first-order valence-corrected chi connectivity index (χ1v) is 9.38. The molecule has 0 aromatic heterocycles. The lowest BCUT2D eigenvalue weighted by atomic mass is 9.90. The summed E-state index contributed by atoms with van der Waals surface area (Å²) < 4.78 is 0. The first-order chi connectivity index (χ1) is 10.8. The van der Waals surface area contributed by atoms with E-state index in [2.05, 4.69) is 5.32 Å². The third-order valence-electron chi connectivity index (χ3n) is 4.80. The molecule has 2 amide bonds. The Kier molecular flexibility index (Phi) is 5.95. The molecule has 2 N–H and O–H groups in total. The predicted molar refractivity (Wildman–Crippen MR) is 89.0 cm³/mol. The van der Waals surface area contributed by atoms with E-state index >= 15 is 0 Å². The Labute approximate surface area is 141 Å². The molecule has 1 heterocycles. The minimum atomic E-state index is -0.874. The summed E-state index contributed by atoms with van der Waals surface area (Å²) in [5.74, 6) is 0.345. The molecule has 2 rings (SSSR count). The predicted octanol–water partition coefficient (Wildman–Crippen LogP) is 1.70. The average Bonchev–Trinajstić information content (AvgIpc) is 3.17. The smallest absolute Gasteiger partial charge is 0.309 e. The average molecular weight is 342 g/mol. The lowest BCUT2D eigenvalue weighted by Crippen LogP contribution is -2.49. The molecule has 23 heavy (non-hydrogen) atoms. The molecular weight excluding hydrogens is 316 g/mol. The number of carbonyl (C=O) groups excluding carboxylic acids is 2. The number of nitrogens with one attached hydrogen (secondary N) is 1. The van der Waals surface area contributed by atoms with Gasteiger partial charge < -0.3 is 15.3 Å². The maximum absolute atomic E-state index is 12.5. The summed E-state index contributed by atoms with van der Waals surface area (Å²) in [4.78, 5) is 37.7. The van der Waals surface area contributed by atoms with E-state index in [4.69, 9.17) is 5.11 Å². The van der Waals surface area contributed by atoms with Crippen LogP contribution in [0.3, 0.4) is 0 Å². The number of nitrogens with zero attached hydrogens (tertiary/aromatic N) is 1. The maximum atomic E-state index is 12.5. The SMILES string of the molecule is CC(C)(CCNC(=O)C1CSCN1C(=O)C1CCCC1)C(=O)O. The highest BCUT2D eigenvalue weighted by molar-refractivity contribution is 7.99. The van der Waals surface area contributed by atoms with E-state index in [-0.39, 0.29) is 17.7 Å². The molecule has 6 nitrogen and oxygen atoms in total. The van der Waals surface area contributed by atoms with E-state index in [1.165, 1.54) is 0 Å². The number of rotatable bonds is 6. The van der Waals surface area contributed by atoms with Crippen molar-refractivity contribution >= 4 is 29.5 Å². The minimum absolute atomic E-state index is 0.0787. The van der Waals surface area contributed by atoms with Crippen LogP contribution in [0.4, 0.5) is 0 Å². The van der Waals surface area contributed by atoms with Crippen molar-refractivity contribution < 1.29 is 19.5 Å². The Hall–Kier alpha value is -1.24. The standard InChI is InChI=1S/C16H26N2O4S/c1-16(2,15(21)22)7-8-17-13(19)12-9-23-10-18(12)14(20)11-5-3-4-6-11/h11-12H,3-10H2,1-2H3,(H,17,19)(H,21,22). The molecule has 0 aromatic carbocycles. The Morgan fingerprint density at radius 3 is 2.52 bits per heavy atom. The van der Waals surface area contributed by atoms with Crippen LogP contribution in [-0.4, -0.2) is 52.0 Å². The van der Waals surface area contributed by atoms with Gasteiger partial charge in [-0.05, 0) is 33.1 Å². The van der Waals surface area contributed by atoms with Crippen molar-refractivity contribution in [1.29, 1.82) is 0 Å². The number of carbonyl (C=O) groups is 3. The normalized spacial score (nSPS) is 22.3. The molecule has 2 fully saturated rings. The third-order valence-corrected chi connectivity index (χ3v) is 5.81. The molecule has 130 valence electrons. The van der Waals surface area contributed by atoms with Crippen LogP contribution in [0, 0.1) is 11.3 Å². The van der Waals surface area contributed by atoms with Crippen LogP contribution in [0.5, 0.6) is 0 Å². The zero-order valence-corrected chi connectivity index (χ0v) is 14.7. The summed E-state index contributed by atoms with van der Waals surface area (Å²) in [5.41, 5.74) is -0.864. The van der Waals surface area contributed by atoms with Crippen LogP contribution < -0.4 is 5.32 Å². The van der Waals surface area contributed by atoms with Gasteiger partial charge >= 0.3 is 5.97 Å². The number of carboxylic acids is 1. The molecule has 1 saturated heterocycles. The van der Waals surface area contributed by atoms with E-state index in [9.17, 15) is 14.4 Å². The number of hydrogen-bond donors (Lipinski definition) is 2. The lowest BCUT2D eigenvalue weighted by molar-refractivity contribution is -0.147. The fourth-order valence-corrected chi connectivity index (χ4v) is 4.17. The third kappa shape index (κ3) is 4.40. The van der Waals surface area contributed by atoms with Gasteiger partial charge in [0.15, 0.2) is 0 Å². The van der Waals surface area contributed by atoms with Gasteiger partial charge in [-0.2, -0.15) is 0 Å². The Morgan fingerprint density at radius 2 is 1.91 bits per heavy atom. The topological polar surface area (TPSA) is 86.7 Å². The van der Waals surface area contributed by atoms with Gasteiger partial charge in [-0.3, -0.25) is 14.4 Å². The van der Waals surface area contributed by atoms with Gasteiger partial charge in [0.25, 0.3) is 0 Å². The van der Waals surface area contributed by atoms with E-state index < -0.39 is 17.4 Å². The molecule has 0 aromatic rings. The molecule has 1 aliphatic carbocycles. The highest BCUT2D eigenvalue weighted by Gasteiger charge is 2.38. The van der Waals surface area contributed by atoms with Crippen LogP contribution in [0.15, 0.2) is 0 Å². The second kappa shape index (κ2) is 7.55. The van der Waals surface area contributed by atoms with Crippen molar-refractivity contribution in [2.24, 2.45) is 11.3 Å². The quantitative estimate of drug-likeness (QED) is 0.767. The largest absolute Gasteiger partial charge is 0.481 e. The molecule has 1 aliphatic heterocycles. The van der Waals surface area contributed by atoms with Crippen LogP contribution in [-0.2, 0) is 14.4 Å². The zero-order chi connectivity index (χ0) is 17.0. The van der Waals surface area contributed by atoms with Gasteiger partial charge in [-0.15, -0.1) is 11.8 Å². The molecule has 1 atom stereocenters. The summed E-state index contributed by atoms with van der Waals surface area (Å²) in [7, 11) is 0.